The van der Waals surface area contributed by atoms with Gasteiger partial charge in [-0.25, -0.2) is 0 Å². The lowest BCUT2D eigenvalue weighted by Gasteiger charge is -2.30. The van der Waals surface area contributed by atoms with Crippen LogP contribution in [0.25, 0.3) is 0 Å². The summed E-state index contributed by atoms with van der Waals surface area (Å²) in [6.45, 7) is -1.12. The predicted molar refractivity (Wildman–Crippen MR) is 76.9 cm³/mol. The average molecular weight is 311 g/mol. The van der Waals surface area contributed by atoms with Crippen molar-refractivity contribution in [2.24, 2.45) is 17.8 Å². The Morgan fingerprint density at radius 1 is 1.14 bits per heavy atom. The molecule has 1 aromatic carbocycles. The number of carbonyl (C=O) groups is 1. The summed E-state index contributed by atoms with van der Waals surface area (Å²) in [5.74, 6) is 0.325. The van der Waals surface area contributed by atoms with Gasteiger partial charge in [0.2, 0.25) is 5.91 Å². The Morgan fingerprint density at radius 2 is 1.86 bits per heavy atom. The summed E-state index contributed by atoms with van der Waals surface area (Å²) >= 11 is 0. The van der Waals surface area contributed by atoms with E-state index in [9.17, 15) is 18.0 Å². The minimum atomic E-state index is -4.36. The molecule has 0 radical (unpaired) electrons. The van der Waals surface area contributed by atoms with Crippen molar-refractivity contribution < 1.29 is 18.0 Å². The summed E-state index contributed by atoms with van der Waals surface area (Å²) in [6.07, 6.45) is -0.449. The maximum absolute atomic E-state index is 12.8. The zero-order chi connectivity index (χ0) is 15.7. The van der Waals surface area contributed by atoms with E-state index in [-0.39, 0.29) is 18.4 Å². The van der Waals surface area contributed by atoms with E-state index in [0.717, 1.165) is 36.1 Å². The van der Waals surface area contributed by atoms with Crippen LogP contribution in [0.15, 0.2) is 30.3 Å². The fourth-order valence-corrected chi connectivity index (χ4v) is 4.01. The van der Waals surface area contributed by atoms with Crippen molar-refractivity contribution in [3.05, 3.63) is 35.9 Å². The van der Waals surface area contributed by atoms with E-state index >= 15 is 0 Å². The molecule has 2 aliphatic carbocycles. The second-order valence-electron chi connectivity index (χ2n) is 6.58. The highest BCUT2D eigenvalue weighted by molar-refractivity contribution is 5.79. The molecule has 0 saturated heterocycles. The van der Waals surface area contributed by atoms with Crippen LogP contribution >= 0.6 is 0 Å². The summed E-state index contributed by atoms with van der Waals surface area (Å²) < 4.78 is 38.5. The number of halogens is 3. The maximum atomic E-state index is 12.8. The molecule has 120 valence electrons. The van der Waals surface area contributed by atoms with Gasteiger partial charge in [-0.1, -0.05) is 36.8 Å². The van der Waals surface area contributed by atoms with E-state index in [4.69, 9.17) is 0 Å². The van der Waals surface area contributed by atoms with Gasteiger partial charge >= 0.3 is 6.18 Å². The molecule has 5 heteroatoms. The largest absolute Gasteiger partial charge is 0.406 e. The van der Waals surface area contributed by atoms with Crippen molar-refractivity contribution in [1.82, 2.24) is 4.90 Å². The predicted octanol–water partition coefficient (Wildman–Crippen LogP) is 4.01. The number of hydrogen-bond donors (Lipinski definition) is 0. The third-order valence-electron chi connectivity index (χ3n) is 4.95. The molecule has 3 atom stereocenters. The standard InChI is InChI=1S/C17H20F3NO/c18-17(19,20)11-21(10-12-4-2-1-3-5-12)16(22)15-9-13-6-7-14(15)8-13/h1-5,13-15H,6-11H2. The van der Waals surface area contributed by atoms with Gasteiger partial charge in [-0.05, 0) is 36.7 Å². The van der Waals surface area contributed by atoms with Gasteiger partial charge in [0.25, 0.3) is 0 Å². The number of benzene rings is 1. The van der Waals surface area contributed by atoms with E-state index in [0.29, 0.717) is 11.8 Å². The molecule has 3 unspecified atom stereocenters. The highest BCUT2D eigenvalue weighted by Gasteiger charge is 2.45. The van der Waals surface area contributed by atoms with Crippen LogP contribution in [0.4, 0.5) is 13.2 Å². The molecule has 2 nitrogen and oxygen atoms in total. The Hall–Kier alpha value is -1.52. The highest BCUT2D eigenvalue weighted by atomic mass is 19.4. The lowest BCUT2D eigenvalue weighted by atomic mass is 9.87. The molecule has 0 N–H and O–H groups in total. The number of rotatable bonds is 4. The van der Waals surface area contributed by atoms with Crippen LogP contribution in [0.5, 0.6) is 0 Å². The van der Waals surface area contributed by atoms with Gasteiger partial charge in [-0.3, -0.25) is 4.79 Å². The van der Waals surface area contributed by atoms with Crippen LogP contribution in [0.1, 0.15) is 31.2 Å². The molecule has 3 rings (SSSR count). The number of hydrogen-bond acceptors (Lipinski definition) is 1. The van der Waals surface area contributed by atoms with Gasteiger partial charge in [-0.2, -0.15) is 13.2 Å². The molecule has 22 heavy (non-hydrogen) atoms. The lowest BCUT2D eigenvalue weighted by Crippen LogP contribution is -2.43. The Kier molecular flexibility index (Phi) is 4.15. The summed E-state index contributed by atoms with van der Waals surface area (Å²) in [5, 5.41) is 0. The highest BCUT2D eigenvalue weighted by Crippen LogP contribution is 2.49. The molecular formula is C17H20F3NO. The lowest BCUT2D eigenvalue weighted by molar-refractivity contribution is -0.166. The average Bonchev–Trinajstić information content (AvgIpc) is 3.08. The molecule has 0 spiro atoms. The molecular weight excluding hydrogens is 291 g/mol. The zero-order valence-corrected chi connectivity index (χ0v) is 12.4. The first-order valence-corrected chi connectivity index (χ1v) is 7.82. The van der Waals surface area contributed by atoms with Crippen molar-refractivity contribution in [2.45, 2.75) is 38.4 Å². The van der Waals surface area contributed by atoms with Gasteiger partial charge in [-0.15, -0.1) is 0 Å². The van der Waals surface area contributed by atoms with Crippen molar-refractivity contribution in [3.63, 3.8) is 0 Å². The Bertz CT molecular complexity index is 528. The minimum Gasteiger partial charge on any atom is -0.329 e. The summed E-state index contributed by atoms with van der Waals surface area (Å²) in [6, 6.07) is 8.90. The number of alkyl halides is 3. The van der Waals surface area contributed by atoms with Gasteiger partial charge in [0.15, 0.2) is 0 Å². The zero-order valence-electron chi connectivity index (χ0n) is 12.4. The fourth-order valence-electron chi connectivity index (χ4n) is 4.01. The van der Waals surface area contributed by atoms with E-state index in [1.165, 1.54) is 0 Å². The smallest absolute Gasteiger partial charge is 0.329 e. The molecule has 0 aliphatic heterocycles. The number of fused-ring (bicyclic) bond motifs is 2. The van der Waals surface area contributed by atoms with E-state index in [2.05, 4.69) is 0 Å². The third kappa shape index (κ3) is 3.45. The SMILES string of the molecule is O=C(C1CC2CCC1C2)N(Cc1ccccc1)CC(F)(F)F. The second-order valence-corrected chi connectivity index (χ2v) is 6.58. The van der Waals surface area contributed by atoms with Crippen LogP contribution < -0.4 is 0 Å². The Labute approximate surface area is 128 Å². The van der Waals surface area contributed by atoms with Crippen LogP contribution in [-0.4, -0.2) is 23.5 Å². The monoisotopic (exact) mass is 311 g/mol. The molecule has 0 aromatic heterocycles. The third-order valence-corrected chi connectivity index (χ3v) is 4.95. The normalized spacial score (nSPS) is 27.1. The maximum Gasteiger partial charge on any atom is 0.406 e. The van der Waals surface area contributed by atoms with E-state index in [1.807, 2.05) is 6.07 Å². The van der Waals surface area contributed by atoms with E-state index in [1.54, 1.807) is 24.3 Å². The van der Waals surface area contributed by atoms with Crippen molar-refractivity contribution in [1.29, 1.82) is 0 Å². The van der Waals surface area contributed by atoms with Crippen molar-refractivity contribution in [3.8, 4) is 0 Å². The van der Waals surface area contributed by atoms with Crippen molar-refractivity contribution >= 4 is 5.91 Å². The molecule has 2 saturated carbocycles. The van der Waals surface area contributed by atoms with Crippen LogP contribution in [0.3, 0.4) is 0 Å². The molecule has 0 heterocycles. The summed E-state index contributed by atoms with van der Waals surface area (Å²) in [7, 11) is 0. The first-order chi connectivity index (χ1) is 10.4. The Morgan fingerprint density at radius 3 is 2.41 bits per heavy atom. The van der Waals surface area contributed by atoms with Gasteiger partial charge in [0.1, 0.15) is 6.54 Å². The molecule has 1 amide bonds. The summed E-state index contributed by atoms with van der Waals surface area (Å²) in [5.41, 5.74) is 0.739. The molecule has 2 aliphatic rings. The van der Waals surface area contributed by atoms with Gasteiger partial charge < -0.3 is 4.90 Å². The van der Waals surface area contributed by atoms with Gasteiger partial charge in [0.05, 0.1) is 0 Å². The molecule has 2 fully saturated rings. The van der Waals surface area contributed by atoms with Gasteiger partial charge in [0, 0.05) is 12.5 Å². The first kappa shape index (κ1) is 15.4. The Balaban J connectivity index is 1.74. The number of carbonyl (C=O) groups excluding carboxylic acids is 1. The minimum absolute atomic E-state index is 0.0348. The first-order valence-electron chi connectivity index (χ1n) is 7.82. The summed E-state index contributed by atoms with van der Waals surface area (Å²) in [4.78, 5) is 13.6. The van der Waals surface area contributed by atoms with Crippen LogP contribution in [0, 0.1) is 17.8 Å². The van der Waals surface area contributed by atoms with E-state index < -0.39 is 12.7 Å². The molecule has 1 aromatic rings. The number of amides is 1. The van der Waals surface area contributed by atoms with Crippen molar-refractivity contribution in [2.75, 3.05) is 6.54 Å². The fraction of sp³-hybridized carbons (Fsp3) is 0.588. The van der Waals surface area contributed by atoms with Crippen LogP contribution in [0.2, 0.25) is 0 Å². The number of nitrogens with zero attached hydrogens (tertiary/aromatic N) is 1. The topological polar surface area (TPSA) is 20.3 Å². The second kappa shape index (κ2) is 5.94. The molecule has 2 bridgehead atoms. The quantitative estimate of drug-likeness (QED) is 0.822. The van der Waals surface area contributed by atoms with Crippen LogP contribution in [-0.2, 0) is 11.3 Å².